The number of amides is 1. The Morgan fingerprint density at radius 3 is 2.77 bits per heavy atom. The number of carbonyl (C=O) groups is 1. The number of hydrogen-bond acceptors (Lipinski definition) is 8. The molecule has 4 N–H and O–H groups in total. The molecule has 0 saturated carbocycles. The Morgan fingerprint density at radius 1 is 1.32 bits per heavy atom. The van der Waals surface area contributed by atoms with Crippen molar-refractivity contribution in [3.63, 3.8) is 0 Å². The number of hydrogen-bond donors (Lipinski definition) is 2. The molecule has 0 spiro atoms. The lowest BCUT2D eigenvalue weighted by Gasteiger charge is -2.18. The molecule has 0 fully saturated rings. The van der Waals surface area contributed by atoms with Crippen molar-refractivity contribution in [2.75, 3.05) is 30.5 Å². The number of fused-ring (bicyclic) bond motifs is 1. The van der Waals surface area contributed by atoms with E-state index in [1.54, 1.807) is 6.07 Å². The summed E-state index contributed by atoms with van der Waals surface area (Å²) in [6.07, 6.45) is -1.77. The van der Waals surface area contributed by atoms with Gasteiger partial charge in [-0.1, -0.05) is 18.2 Å². The van der Waals surface area contributed by atoms with Crippen LogP contribution in [-0.4, -0.2) is 44.9 Å². The van der Waals surface area contributed by atoms with Gasteiger partial charge in [0.2, 0.25) is 0 Å². The number of nitrogen functional groups attached to an aromatic ring is 2. The van der Waals surface area contributed by atoms with Crippen LogP contribution in [0.5, 0.6) is 0 Å². The van der Waals surface area contributed by atoms with Gasteiger partial charge in [-0.3, -0.25) is 4.90 Å². The van der Waals surface area contributed by atoms with Crippen LogP contribution >= 0.6 is 0 Å². The number of benzene rings is 1. The normalized spacial score (nSPS) is 14.1. The molecule has 0 unspecified atom stereocenters. The molecule has 158 valence electrons. The molecule has 31 heavy (non-hydrogen) atoms. The average molecular weight is 428 g/mol. The second kappa shape index (κ2) is 7.86. The molecule has 3 heterocycles. The van der Waals surface area contributed by atoms with E-state index in [4.69, 9.17) is 19.7 Å². The van der Waals surface area contributed by atoms with E-state index in [1.807, 2.05) is 0 Å². The van der Waals surface area contributed by atoms with Gasteiger partial charge in [-0.05, 0) is 18.2 Å². The summed E-state index contributed by atoms with van der Waals surface area (Å²) >= 11 is 0. The molecule has 0 aliphatic heterocycles. The summed E-state index contributed by atoms with van der Waals surface area (Å²) in [6.45, 7) is -0.126. The molecule has 0 bridgehead atoms. The molecule has 4 rings (SSSR count). The van der Waals surface area contributed by atoms with Crippen molar-refractivity contribution in [2.24, 2.45) is 0 Å². The van der Waals surface area contributed by atoms with E-state index >= 15 is 0 Å². The van der Waals surface area contributed by atoms with E-state index in [-0.39, 0.29) is 52.0 Å². The van der Waals surface area contributed by atoms with Crippen LogP contribution in [0, 0.1) is 5.82 Å². The Bertz CT molecular complexity index is 1520. The number of pyridine rings is 1. The van der Waals surface area contributed by atoms with Crippen molar-refractivity contribution in [1.82, 2.24) is 24.7 Å². The molecule has 11 heteroatoms. The molecule has 1 amide bonds. The van der Waals surface area contributed by atoms with Gasteiger partial charge in [-0.25, -0.2) is 28.8 Å². The molecule has 3 aromatic heterocycles. The quantitative estimate of drug-likeness (QED) is 0.505. The van der Waals surface area contributed by atoms with Gasteiger partial charge in [0.15, 0.2) is 23.1 Å². The van der Waals surface area contributed by atoms with Crippen molar-refractivity contribution >= 4 is 34.4 Å². The molecule has 0 radical (unpaired) electrons. The van der Waals surface area contributed by atoms with Gasteiger partial charge in [0.1, 0.15) is 17.2 Å². The standard InChI is InChI=1S/C20H19FN8O2/c1-28(20(30)31-2)15-16(22)25-18(26-17(15)23)14-12-7-5-9-24-19(12)29(27-14)10-11-6-3-4-8-13(11)21/h3-9H,10H2,1-2H3,(H4,22,23,25,26)/i2D3,5D,7D,9D. The van der Waals surface area contributed by atoms with Crippen LogP contribution in [-0.2, 0) is 11.3 Å². The van der Waals surface area contributed by atoms with Crippen LogP contribution in [0.1, 0.15) is 13.8 Å². The highest BCUT2D eigenvalue weighted by molar-refractivity contribution is 5.96. The summed E-state index contributed by atoms with van der Waals surface area (Å²) < 4.78 is 65.5. The summed E-state index contributed by atoms with van der Waals surface area (Å²) in [5.74, 6) is -1.40. The molecule has 4 aromatic rings. The van der Waals surface area contributed by atoms with Gasteiger partial charge >= 0.3 is 6.09 Å². The van der Waals surface area contributed by atoms with Gasteiger partial charge in [0, 0.05) is 18.8 Å². The fraction of sp³-hybridized carbons (Fsp3) is 0.150. The van der Waals surface area contributed by atoms with E-state index in [0.29, 0.717) is 0 Å². The Morgan fingerprint density at radius 2 is 2.06 bits per heavy atom. The molecule has 0 aliphatic carbocycles. The molecular formula is C20H19FN8O2. The summed E-state index contributed by atoms with van der Waals surface area (Å²) in [7, 11) is -1.85. The van der Waals surface area contributed by atoms with Crippen LogP contribution < -0.4 is 16.4 Å². The fourth-order valence-corrected chi connectivity index (χ4v) is 3.01. The number of ether oxygens (including phenoxy) is 1. The topological polar surface area (TPSA) is 138 Å². The minimum Gasteiger partial charge on any atom is -0.452 e. The zero-order valence-electron chi connectivity index (χ0n) is 22.0. The van der Waals surface area contributed by atoms with Crippen molar-refractivity contribution in [2.45, 2.75) is 6.54 Å². The van der Waals surface area contributed by atoms with Crippen molar-refractivity contribution < 1.29 is 22.1 Å². The molecular weight excluding hydrogens is 403 g/mol. The first-order valence-corrected chi connectivity index (χ1v) is 8.76. The predicted octanol–water partition coefficient (Wildman–Crippen LogP) is 2.44. The van der Waals surface area contributed by atoms with Gasteiger partial charge in [0.25, 0.3) is 0 Å². The molecule has 1 aromatic carbocycles. The van der Waals surface area contributed by atoms with Crippen LogP contribution in [0.25, 0.3) is 22.6 Å². The van der Waals surface area contributed by atoms with Crippen LogP contribution in [0.15, 0.2) is 42.5 Å². The minimum absolute atomic E-state index is 0.000874. The highest BCUT2D eigenvalue weighted by Crippen LogP contribution is 2.32. The minimum atomic E-state index is -3.01. The third-order valence-corrected chi connectivity index (χ3v) is 4.46. The highest BCUT2D eigenvalue weighted by atomic mass is 19.1. The van der Waals surface area contributed by atoms with Crippen molar-refractivity contribution in [3.05, 3.63) is 53.9 Å². The van der Waals surface area contributed by atoms with Crippen molar-refractivity contribution in [1.29, 1.82) is 0 Å². The van der Waals surface area contributed by atoms with E-state index in [0.717, 1.165) is 11.9 Å². The zero-order valence-corrected chi connectivity index (χ0v) is 16.0. The first kappa shape index (κ1) is 13.9. The number of nitrogens with zero attached hydrogens (tertiary/aromatic N) is 6. The predicted molar refractivity (Wildman–Crippen MR) is 114 cm³/mol. The molecule has 0 saturated heterocycles. The summed E-state index contributed by atoms with van der Waals surface area (Å²) in [5, 5.41) is 4.36. The lowest BCUT2D eigenvalue weighted by atomic mass is 10.2. The van der Waals surface area contributed by atoms with Crippen LogP contribution in [0.4, 0.5) is 26.5 Å². The maximum Gasteiger partial charge on any atom is 0.413 e. The Kier molecular flexibility index (Phi) is 3.51. The lowest BCUT2D eigenvalue weighted by Crippen LogP contribution is -2.28. The number of nitrogens with two attached hydrogens (primary N) is 2. The Hall–Kier alpha value is -4.28. The summed E-state index contributed by atoms with van der Waals surface area (Å²) in [5.41, 5.74) is 12.0. The van der Waals surface area contributed by atoms with Crippen LogP contribution in [0.2, 0.25) is 0 Å². The second-order valence-corrected chi connectivity index (χ2v) is 6.36. The van der Waals surface area contributed by atoms with E-state index in [1.165, 1.54) is 22.9 Å². The third kappa shape index (κ3) is 3.56. The monoisotopic (exact) mass is 428 g/mol. The average Bonchev–Trinajstić information content (AvgIpc) is 3.15. The van der Waals surface area contributed by atoms with Gasteiger partial charge in [-0.15, -0.1) is 0 Å². The van der Waals surface area contributed by atoms with Gasteiger partial charge in [0.05, 0.1) is 27.2 Å². The molecule has 0 aliphatic rings. The third-order valence-electron chi connectivity index (χ3n) is 4.46. The fourth-order valence-electron chi connectivity index (χ4n) is 3.01. The number of anilines is 3. The first-order chi connectivity index (χ1) is 17.3. The maximum absolute atomic E-state index is 14.3. The SMILES string of the molecule is [2H]c1nc2c(c(-c3nc(N)c(N(C)C(=O)OC([2H])([2H])[2H])c(N)n3)nn2Cc2ccccc2F)c([2H])c1[2H]. The number of halogens is 1. The zero-order chi connectivity index (χ0) is 27.2. The number of carbonyl (C=O) groups excluding carboxylic acids is 1. The largest absolute Gasteiger partial charge is 0.452 e. The Labute approximate surface area is 184 Å². The van der Waals surface area contributed by atoms with E-state index in [2.05, 4.69) is 24.8 Å². The Balaban J connectivity index is 1.86. The number of aromatic nitrogens is 5. The molecule has 10 nitrogen and oxygen atoms in total. The lowest BCUT2D eigenvalue weighted by molar-refractivity contribution is 0.180. The van der Waals surface area contributed by atoms with Crippen LogP contribution in [0.3, 0.4) is 0 Å². The molecule has 0 atom stereocenters. The number of rotatable bonds is 4. The van der Waals surface area contributed by atoms with Gasteiger partial charge in [-0.2, -0.15) is 5.10 Å². The van der Waals surface area contributed by atoms with Gasteiger partial charge < -0.3 is 16.2 Å². The van der Waals surface area contributed by atoms with Crippen molar-refractivity contribution in [3.8, 4) is 11.5 Å². The first-order valence-electron chi connectivity index (χ1n) is 11.8. The number of methoxy groups -OCH3 is 1. The maximum atomic E-state index is 14.3. The summed E-state index contributed by atoms with van der Waals surface area (Å²) in [4.78, 5) is 25.2. The second-order valence-electron chi connectivity index (χ2n) is 6.36. The summed E-state index contributed by atoms with van der Waals surface area (Å²) in [6, 6.07) is 5.06. The smallest absolute Gasteiger partial charge is 0.413 e. The van der Waals surface area contributed by atoms with E-state index in [9.17, 15) is 9.18 Å². The van der Waals surface area contributed by atoms with E-state index < -0.39 is 37.2 Å². The highest BCUT2D eigenvalue weighted by Gasteiger charge is 2.23.